The van der Waals surface area contributed by atoms with Crippen LogP contribution in [0.25, 0.3) is 0 Å². The van der Waals surface area contributed by atoms with Crippen LogP contribution in [0.3, 0.4) is 0 Å². The van der Waals surface area contributed by atoms with Gasteiger partial charge in [0.1, 0.15) is 0 Å². The molecule has 0 aliphatic carbocycles. The van der Waals surface area contributed by atoms with Crippen LogP contribution in [0.5, 0.6) is 0 Å². The molecule has 0 bridgehead atoms. The van der Waals surface area contributed by atoms with E-state index in [1.165, 1.54) is 11.3 Å². The molecular weight excluding hydrogens is 198 g/mol. The van der Waals surface area contributed by atoms with Gasteiger partial charge in [0.25, 0.3) is 0 Å². The van der Waals surface area contributed by atoms with Gasteiger partial charge in [-0.05, 0) is 0 Å². The van der Waals surface area contributed by atoms with E-state index in [4.69, 9.17) is 0 Å². The lowest BCUT2D eigenvalue weighted by Gasteiger charge is -2.26. The van der Waals surface area contributed by atoms with Gasteiger partial charge in [0, 0.05) is 50.2 Å². The van der Waals surface area contributed by atoms with Crippen molar-refractivity contribution < 1.29 is 0 Å². The molecule has 1 saturated heterocycles. The van der Waals surface area contributed by atoms with Crippen molar-refractivity contribution in [3.63, 3.8) is 0 Å². The molecule has 1 fully saturated rings. The van der Waals surface area contributed by atoms with Crippen molar-refractivity contribution in [1.29, 1.82) is 0 Å². The zero-order chi connectivity index (χ0) is 9.80. The van der Waals surface area contributed by atoms with Gasteiger partial charge in [-0.15, -0.1) is 0 Å². The Balaban J connectivity index is 1.78. The Kier molecular flexibility index (Phi) is 3.34. The monoisotopic (exact) mass is 213 g/mol. The number of piperazine rings is 1. The molecule has 1 aliphatic rings. The Morgan fingerprint density at radius 1 is 1.43 bits per heavy atom. The fraction of sp³-hybridized carbons (Fsp3) is 0.667. The molecular formula is C9H15N3OS. The van der Waals surface area contributed by atoms with Crippen molar-refractivity contribution in [3.8, 4) is 0 Å². The molecule has 78 valence electrons. The van der Waals surface area contributed by atoms with Crippen LogP contribution in [0.15, 0.2) is 10.2 Å². The van der Waals surface area contributed by atoms with Crippen LogP contribution in [0, 0.1) is 0 Å². The Labute approximate surface area is 86.9 Å². The second-order valence-electron chi connectivity index (χ2n) is 3.52. The second-order valence-corrected chi connectivity index (χ2v) is 4.36. The zero-order valence-corrected chi connectivity index (χ0v) is 8.90. The maximum absolute atomic E-state index is 10.9. The first kappa shape index (κ1) is 9.89. The molecule has 1 aromatic heterocycles. The highest BCUT2D eigenvalue weighted by Crippen LogP contribution is 2.00. The summed E-state index contributed by atoms with van der Waals surface area (Å²) in [6, 6.07) is 0. The fourth-order valence-electron chi connectivity index (χ4n) is 1.65. The fourth-order valence-corrected chi connectivity index (χ4v) is 2.27. The number of nitrogens with one attached hydrogen (secondary N) is 2. The first-order chi connectivity index (χ1) is 6.84. The first-order valence-electron chi connectivity index (χ1n) is 4.94. The van der Waals surface area contributed by atoms with Gasteiger partial charge < -0.3 is 15.2 Å². The molecule has 0 unspecified atom stereocenters. The predicted octanol–water partition coefficient (Wildman–Crippen LogP) is -0.116. The van der Waals surface area contributed by atoms with Crippen molar-refractivity contribution in [1.82, 2.24) is 15.2 Å². The van der Waals surface area contributed by atoms with Crippen LogP contribution in [0.4, 0.5) is 0 Å². The van der Waals surface area contributed by atoms with E-state index in [1.54, 1.807) is 0 Å². The first-order valence-corrected chi connectivity index (χ1v) is 5.82. The summed E-state index contributed by atoms with van der Waals surface area (Å²) in [6.07, 6.45) is 0.957. The summed E-state index contributed by atoms with van der Waals surface area (Å²) in [5.74, 6) is 0. The molecule has 2 heterocycles. The number of hydrogen-bond donors (Lipinski definition) is 2. The normalized spacial score (nSPS) is 18.6. The summed E-state index contributed by atoms with van der Waals surface area (Å²) < 4.78 is 0. The van der Waals surface area contributed by atoms with Crippen molar-refractivity contribution in [2.75, 3.05) is 32.7 Å². The highest BCUT2D eigenvalue weighted by Gasteiger charge is 2.09. The van der Waals surface area contributed by atoms with Gasteiger partial charge >= 0.3 is 4.87 Å². The minimum atomic E-state index is 0.0558. The van der Waals surface area contributed by atoms with Crippen molar-refractivity contribution in [3.05, 3.63) is 20.7 Å². The van der Waals surface area contributed by atoms with E-state index in [0.717, 1.165) is 44.8 Å². The Morgan fingerprint density at radius 3 is 2.86 bits per heavy atom. The molecule has 0 saturated carbocycles. The molecule has 5 heteroatoms. The number of rotatable bonds is 3. The molecule has 1 aromatic rings. The Bertz CT molecular complexity index is 327. The zero-order valence-electron chi connectivity index (χ0n) is 8.08. The Morgan fingerprint density at radius 2 is 2.21 bits per heavy atom. The molecule has 0 radical (unpaired) electrons. The molecule has 14 heavy (non-hydrogen) atoms. The van der Waals surface area contributed by atoms with Gasteiger partial charge in [0.05, 0.1) is 0 Å². The lowest BCUT2D eigenvalue weighted by atomic mass is 10.3. The van der Waals surface area contributed by atoms with Gasteiger partial charge in [-0.1, -0.05) is 11.3 Å². The van der Waals surface area contributed by atoms with E-state index in [9.17, 15) is 4.79 Å². The highest BCUT2D eigenvalue weighted by molar-refractivity contribution is 7.07. The topological polar surface area (TPSA) is 48.1 Å². The summed E-state index contributed by atoms with van der Waals surface area (Å²) in [6.45, 7) is 5.46. The lowest BCUT2D eigenvalue weighted by Crippen LogP contribution is -2.44. The largest absolute Gasteiger partial charge is 0.317 e. The van der Waals surface area contributed by atoms with Crippen LogP contribution in [-0.2, 0) is 6.42 Å². The number of aromatic nitrogens is 1. The molecule has 2 N–H and O–H groups in total. The van der Waals surface area contributed by atoms with E-state index in [0.29, 0.717) is 0 Å². The SMILES string of the molecule is O=c1[nH]c(CCN2CCNCC2)cs1. The average Bonchev–Trinajstić information content (AvgIpc) is 2.63. The Hall–Kier alpha value is -0.650. The summed E-state index contributed by atoms with van der Waals surface area (Å²) in [7, 11) is 0. The third-order valence-electron chi connectivity index (χ3n) is 2.48. The van der Waals surface area contributed by atoms with Crippen molar-refractivity contribution in [2.24, 2.45) is 0 Å². The number of nitrogens with zero attached hydrogens (tertiary/aromatic N) is 1. The summed E-state index contributed by atoms with van der Waals surface area (Å²) >= 11 is 1.25. The number of hydrogen-bond acceptors (Lipinski definition) is 4. The van der Waals surface area contributed by atoms with E-state index in [2.05, 4.69) is 15.2 Å². The summed E-state index contributed by atoms with van der Waals surface area (Å²) in [5.41, 5.74) is 1.07. The standard InChI is InChI=1S/C9H15N3OS/c13-9-11-8(7-14-9)1-4-12-5-2-10-3-6-12/h7,10H,1-6H2,(H,11,13). The van der Waals surface area contributed by atoms with Crippen molar-refractivity contribution >= 4 is 11.3 Å². The predicted molar refractivity (Wildman–Crippen MR) is 58.0 cm³/mol. The van der Waals surface area contributed by atoms with Gasteiger partial charge in [-0.2, -0.15) is 0 Å². The van der Waals surface area contributed by atoms with Gasteiger partial charge in [0.2, 0.25) is 0 Å². The van der Waals surface area contributed by atoms with Gasteiger partial charge in [-0.25, -0.2) is 0 Å². The molecule has 0 atom stereocenters. The third kappa shape index (κ3) is 2.67. The summed E-state index contributed by atoms with van der Waals surface area (Å²) in [5, 5.41) is 5.24. The van der Waals surface area contributed by atoms with Crippen LogP contribution < -0.4 is 10.2 Å². The van der Waals surface area contributed by atoms with Gasteiger partial charge in [0.15, 0.2) is 0 Å². The number of thiazole rings is 1. The van der Waals surface area contributed by atoms with Gasteiger partial charge in [-0.3, -0.25) is 4.79 Å². The molecule has 0 aromatic carbocycles. The van der Waals surface area contributed by atoms with Crippen LogP contribution in [0.2, 0.25) is 0 Å². The van der Waals surface area contributed by atoms with E-state index in [1.807, 2.05) is 5.38 Å². The maximum atomic E-state index is 10.9. The molecule has 0 spiro atoms. The van der Waals surface area contributed by atoms with E-state index >= 15 is 0 Å². The van der Waals surface area contributed by atoms with E-state index in [-0.39, 0.29) is 4.87 Å². The second kappa shape index (κ2) is 4.72. The van der Waals surface area contributed by atoms with Crippen LogP contribution in [0.1, 0.15) is 5.69 Å². The maximum Gasteiger partial charge on any atom is 0.304 e. The number of aromatic amines is 1. The van der Waals surface area contributed by atoms with Crippen LogP contribution in [-0.4, -0.2) is 42.6 Å². The number of H-pyrrole nitrogens is 1. The highest BCUT2D eigenvalue weighted by atomic mass is 32.1. The molecule has 1 aliphatic heterocycles. The molecule has 4 nitrogen and oxygen atoms in total. The van der Waals surface area contributed by atoms with Crippen molar-refractivity contribution in [2.45, 2.75) is 6.42 Å². The lowest BCUT2D eigenvalue weighted by molar-refractivity contribution is 0.243. The van der Waals surface area contributed by atoms with Crippen LogP contribution >= 0.6 is 11.3 Å². The summed E-state index contributed by atoms with van der Waals surface area (Å²) in [4.78, 5) is 16.2. The molecule has 2 rings (SSSR count). The van der Waals surface area contributed by atoms with E-state index < -0.39 is 0 Å². The average molecular weight is 213 g/mol. The quantitative estimate of drug-likeness (QED) is 0.736. The molecule has 0 amide bonds. The third-order valence-corrected chi connectivity index (χ3v) is 3.20. The minimum absolute atomic E-state index is 0.0558. The minimum Gasteiger partial charge on any atom is -0.317 e. The smallest absolute Gasteiger partial charge is 0.304 e.